The number of nitrogens with one attached hydrogen (secondary N) is 1. The summed E-state index contributed by atoms with van der Waals surface area (Å²) in [4.78, 5) is 39.0. The number of aryl methyl sites for hydroxylation is 2. The van der Waals surface area contributed by atoms with E-state index in [1.54, 1.807) is 42.5 Å². The van der Waals surface area contributed by atoms with Crippen LogP contribution in [-0.4, -0.2) is 37.7 Å². The molecule has 0 bridgehead atoms. The van der Waals surface area contributed by atoms with Crippen molar-refractivity contribution in [3.05, 3.63) is 87.4 Å². The van der Waals surface area contributed by atoms with Crippen molar-refractivity contribution in [1.82, 2.24) is 5.32 Å². The molecule has 38 heavy (non-hydrogen) atoms. The van der Waals surface area contributed by atoms with Gasteiger partial charge in [-0.15, -0.1) is 0 Å². The van der Waals surface area contributed by atoms with Crippen LogP contribution < -0.4 is 24.4 Å². The molecule has 196 valence electrons. The second-order valence-electron chi connectivity index (χ2n) is 8.49. The molecule has 4 amide bonds. The van der Waals surface area contributed by atoms with Gasteiger partial charge >= 0.3 is 6.03 Å². The standard InChI is InChI=1S/C29H27BrN2O6/c1-4-36-25-17-20(8-13-24(25)37-14-15-38-26-18(2)6-5-7-19(26)3)16-23-27(33)31-29(35)32(28(23)34)22-11-9-21(30)10-12-22/h5-13,16-17H,4,14-15H2,1-3H3,(H,31,33,35). The molecule has 3 aromatic carbocycles. The number of ether oxygens (including phenoxy) is 3. The third-order valence-electron chi connectivity index (χ3n) is 5.76. The van der Waals surface area contributed by atoms with Crippen LogP contribution >= 0.6 is 15.9 Å². The van der Waals surface area contributed by atoms with Gasteiger partial charge in [-0.3, -0.25) is 14.9 Å². The Bertz CT molecular complexity index is 1380. The van der Waals surface area contributed by atoms with Crippen molar-refractivity contribution in [2.45, 2.75) is 20.8 Å². The number of urea groups is 1. The number of hydrogen-bond acceptors (Lipinski definition) is 6. The molecule has 1 aliphatic heterocycles. The van der Waals surface area contributed by atoms with Crippen LogP contribution in [0.1, 0.15) is 23.6 Å². The molecule has 1 fully saturated rings. The van der Waals surface area contributed by atoms with Gasteiger partial charge in [0.1, 0.15) is 24.5 Å². The van der Waals surface area contributed by atoms with Gasteiger partial charge in [0.15, 0.2) is 11.5 Å². The zero-order valence-electron chi connectivity index (χ0n) is 21.2. The number of amides is 4. The molecule has 9 heteroatoms. The molecule has 8 nitrogen and oxygen atoms in total. The monoisotopic (exact) mass is 578 g/mol. The molecule has 0 aliphatic carbocycles. The van der Waals surface area contributed by atoms with Crippen molar-refractivity contribution in [2.24, 2.45) is 0 Å². The molecule has 1 aliphatic rings. The molecule has 1 heterocycles. The Labute approximate surface area is 229 Å². The van der Waals surface area contributed by atoms with E-state index in [0.29, 0.717) is 42.6 Å². The van der Waals surface area contributed by atoms with Gasteiger partial charge < -0.3 is 14.2 Å². The average molecular weight is 579 g/mol. The maximum absolute atomic E-state index is 13.1. The number of barbiturate groups is 1. The minimum absolute atomic E-state index is 0.175. The Morgan fingerprint density at radius 2 is 1.55 bits per heavy atom. The Morgan fingerprint density at radius 1 is 0.868 bits per heavy atom. The topological polar surface area (TPSA) is 94.2 Å². The van der Waals surface area contributed by atoms with Gasteiger partial charge in [-0.2, -0.15) is 0 Å². The first-order chi connectivity index (χ1) is 18.3. The van der Waals surface area contributed by atoms with Crippen LogP contribution in [-0.2, 0) is 9.59 Å². The van der Waals surface area contributed by atoms with E-state index in [1.807, 2.05) is 39.0 Å². The van der Waals surface area contributed by atoms with Crippen molar-refractivity contribution in [3.63, 3.8) is 0 Å². The lowest BCUT2D eigenvalue weighted by Gasteiger charge is -2.26. The highest BCUT2D eigenvalue weighted by atomic mass is 79.9. The van der Waals surface area contributed by atoms with Crippen molar-refractivity contribution in [3.8, 4) is 17.2 Å². The summed E-state index contributed by atoms with van der Waals surface area (Å²) in [6.45, 7) is 6.86. The number of imide groups is 2. The van der Waals surface area contributed by atoms with Crippen LogP contribution in [0.15, 0.2) is 70.7 Å². The summed E-state index contributed by atoms with van der Waals surface area (Å²) < 4.78 is 18.3. The summed E-state index contributed by atoms with van der Waals surface area (Å²) in [5.41, 5.74) is 2.82. The van der Waals surface area contributed by atoms with Crippen molar-refractivity contribution >= 4 is 45.5 Å². The molecule has 1 saturated heterocycles. The van der Waals surface area contributed by atoms with Crippen LogP contribution in [0.25, 0.3) is 6.08 Å². The first kappa shape index (κ1) is 26.9. The van der Waals surface area contributed by atoms with E-state index in [9.17, 15) is 14.4 Å². The van der Waals surface area contributed by atoms with Gasteiger partial charge in [0.05, 0.1) is 12.3 Å². The molecular formula is C29H27BrN2O6. The molecule has 0 aromatic heterocycles. The molecule has 0 atom stereocenters. The van der Waals surface area contributed by atoms with E-state index in [2.05, 4.69) is 21.2 Å². The van der Waals surface area contributed by atoms with Gasteiger partial charge in [0, 0.05) is 4.47 Å². The quantitative estimate of drug-likeness (QED) is 0.202. The summed E-state index contributed by atoms with van der Waals surface area (Å²) in [5.74, 6) is 0.316. The summed E-state index contributed by atoms with van der Waals surface area (Å²) in [5, 5.41) is 2.23. The largest absolute Gasteiger partial charge is 0.490 e. The number of anilines is 1. The fourth-order valence-corrected chi connectivity index (χ4v) is 4.24. The lowest BCUT2D eigenvalue weighted by Crippen LogP contribution is -2.54. The highest BCUT2D eigenvalue weighted by Gasteiger charge is 2.36. The van der Waals surface area contributed by atoms with Crippen LogP contribution in [0.5, 0.6) is 17.2 Å². The second-order valence-corrected chi connectivity index (χ2v) is 9.41. The van der Waals surface area contributed by atoms with E-state index in [-0.39, 0.29) is 5.57 Å². The predicted octanol–water partition coefficient (Wildman–Crippen LogP) is 5.59. The molecule has 0 spiro atoms. The lowest BCUT2D eigenvalue weighted by molar-refractivity contribution is -0.122. The number of benzene rings is 3. The van der Waals surface area contributed by atoms with Crippen molar-refractivity contribution in [1.29, 1.82) is 0 Å². The number of halogens is 1. The molecule has 4 rings (SSSR count). The highest BCUT2D eigenvalue weighted by Crippen LogP contribution is 2.31. The van der Waals surface area contributed by atoms with Gasteiger partial charge in [0.25, 0.3) is 11.8 Å². The normalized spacial score (nSPS) is 14.5. The van der Waals surface area contributed by atoms with E-state index >= 15 is 0 Å². The van der Waals surface area contributed by atoms with Gasteiger partial charge in [-0.25, -0.2) is 9.69 Å². The second kappa shape index (κ2) is 12.0. The smallest absolute Gasteiger partial charge is 0.335 e. The van der Waals surface area contributed by atoms with E-state index < -0.39 is 17.8 Å². The molecule has 0 saturated carbocycles. The Morgan fingerprint density at radius 3 is 2.24 bits per heavy atom. The third-order valence-corrected chi connectivity index (χ3v) is 6.29. The van der Waals surface area contributed by atoms with E-state index in [0.717, 1.165) is 26.2 Å². The van der Waals surface area contributed by atoms with Crippen LogP contribution in [0, 0.1) is 13.8 Å². The van der Waals surface area contributed by atoms with Gasteiger partial charge in [-0.1, -0.05) is 40.2 Å². The Kier molecular flexibility index (Phi) is 8.48. The van der Waals surface area contributed by atoms with E-state index in [1.165, 1.54) is 6.08 Å². The summed E-state index contributed by atoms with van der Waals surface area (Å²) >= 11 is 3.33. The average Bonchev–Trinajstić information content (AvgIpc) is 2.88. The lowest BCUT2D eigenvalue weighted by atomic mass is 10.1. The SMILES string of the molecule is CCOc1cc(C=C2C(=O)NC(=O)N(c3ccc(Br)cc3)C2=O)ccc1OCCOc1c(C)cccc1C. The summed E-state index contributed by atoms with van der Waals surface area (Å²) in [6, 6.07) is 16.9. The van der Waals surface area contributed by atoms with Gasteiger partial charge in [-0.05, 0) is 79.9 Å². The molecule has 0 unspecified atom stereocenters. The number of rotatable bonds is 9. The molecule has 0 radical (unpaired) electrons. The zero-order chi connectivity index (χ0) is 27.2. The molecule has 3 aromatic rings. The predicted molar refractivity (Wildman–Crippen MR) is 148 cm³/mol. The van der Waals surface area contributed by atoms with Crippen LogP contribution in [0.2, 0.25) is 0 Å². The van der Waals surface area contributed by atoms with Crippen molar-refractivity contribution in [2.75, 3.05) is 24.7 Å². The fourth-order valence-electron chi connectivity index (χ4n) is 3.97. The number of nitrogens with zero attached hydrogens (tertiary/aromatic N) is 1. The number of carbonyl (C=O) groups is 3. The first-order valence-electron chi connectivity index (χ1n) is 12.0. The maximum atomic E-state index is 13.1. The van der Waals surface area contributed by atoms with Crippen molar-refractivity contribution < 1.29 is 28.6 Å². The minimum atomic E-state index is -0.804. The Balaban J connectivity index is 1.51. The summed E-state index contributed by atoms with van der Waals surface area (Å²) in [6.07, 6.45) is 1.42. The van der Waals surface area contributed by atoms with Gasteiger partial charge in [0.2, 0.25) is 0 Å². The maximum Gasteiger partial charge on any atom is 0.335 e. The zero-order valence-corrected chi connectivity index (χ0v) is 22.8. The molecule has 1 N–H and O–H groups in total. The number of carbonyl (C=O) groups excluding carboxylic acids is 3. The fraction of sp³-hybridized carbons (Fsp3) is 0.207. The third kappa shape index (κ3) is 6.06. The number of para-hydroxylation sites is 1. The Hall–Kier alpha value is -4.11. The highest BCUT2D eigenvalue weighted by molar-refractivity contribution is 9.10. The van der Waals surface area contributed by atoms with Crippen LogP contribution in [0.3, 0.4) is 0 Å². The van der Waals surface area contributed by atoms with Crippen LogP contribution in [0.4, 0.5) is 10.5 Å². The molecular weight excluding hydrogens is 552 g/mol. The number of hydrogen-bond donors (Lipinski definition) is 1. The first-order valence-corrected chi connectivity index (χ1v) is 12.8. The van der Waals surface area contributed by atoms with E-state index in [4.69, 9.17) is 14.2 Å². The summed E-state index contributed by atoms with van der Waals surface area (Å²) in [7, 11) is 0. The minimum Gasteiger partial charge on any atom is -0.490 e.